The molecule has 0 saturated carbocycles. The van der Waals surface area contributed by atoms with E-state index in [0.717, 1.165) is 70.4 Å². The second kappa shape index (κ2) is 13.9. The van der Waals surface area contributed by atoms with Gasteiger partial charge < -0.3 is 15.2 Å². The molecule has 7 rings (SSSR count). The number of nitrogens with zero attached hydrogens (tertiary/aromatic N) is 3. The van der Waals surface area contributed by atoms with Crippen LogP contribution in [0, 0.1) is 5.41 Å². The molecule has 3 fully saturated rings. The van der Waals surface area contributed by atoms with Crippen LogP contribution in [0.2, 0.25) is 0 Å². The molecule has 0 radical (unpaired) electrons. The molecule has 276 valence electrons. The van der Waals surface area contributed by atoms with E-state index in [1.807, 2.05) is 36.5 Å². The van der Waals surface area contributed by atoms with Gasteiger partial charge in [-0.3, -0.25) is 19.6 Å². The topological polar surface area (TPSA) is 95.0 Å². The number of alkyl halides is 6. The van der Waals surface area contributed by atoms with Gasteiger partial charge in [0.05, 0.1) is 24.4 Å². The fourth-order valence-corrected chi connectivity index (χ4v) is 8.12. The minimum absolute atomic E-state index is 0.256. The number of aliphatic carboxylic acids is 1. The summed E-state index contributed by atoms with van der Waals surface area (Å²) in [7, 11) is 0. The van der Waals surface area contributed by atoms with E-state index in [1.54, 1.807) is 24.3 Å². The third-order valence-electron chi connectivity index (χ3n) is 10.8. The van der Waals surface area contributed by atoms with Crippen molar-refractivity contribution in [3.05, 3.63) is 78.0 Å². The highest BCUT2D eigenvalue weighted by Gasteiger charge is 2.61. The van der Waals surface area contributed by atoms with Gasteiger partial charge in [0.1, 0.15) is 11.5 Å². The Hall–Kier alpha value is -4.27. The zero-order chi connectivity index (χ0) is 36.8. The maximum Gasteiger partial charge on any atom is 0.403 e. The molecule has 3 saturated heterocycles. The number of piperidine rings is 1. The van der Waals surface area contributed by atoms with E-state index in [4.69, 9.17) is 9.72 Å². The van der Waals surface area contributed by atoms with E-state index in [-0.39, 0.29) is 18.6 Å². The van der Waals surface area contributed by atoms with Gasteiger partial charge in [-0.1, -0.05) is 60.7 Å². The molecule has 2 bridgehead atoms. The van der Waals surface area contributed by atoms with Gasteiger partial charge in [0.15, 0.2) is 0 Å². The number of nitrogens with one attached hydrogen (secondary N) is 1. The molecular weight excluding hydrogens is 690 g/mol. The number of hydrogen-bond donors (Lipinski definition) is 2. The Labute approximate surface area is 295 Å². The monoisotopic (exact) mass is 728 g/mol. The lowest BCUT2D eigenvalue weighted by atomic mass is 9.76. The lowest BCUT2D eigenvalue weighted by Crippen LogP contribution is -2.59. The van der Waals surface area contributed by atoms with Crippen molar-refractivity contribution < 1.29 is 45.8 Å². The Balaban J connectivity index is 1.15. The third-order valence-corrected chi connectivity index (χ3v) is 10.8. The van der Waals surface area contributed by atoms with Crippen molar-refractivity contribution in [2.75, 3.05) is 32.7 Å². The maximum absolute atomic E-state index is 14.4. The van der Waals surface area contributed by atoms with Gasteiger partial charge >= 0.3 is 18.3 Å². The highest BCUT2D eigenvalue weighted by atomic mass is 19.4. The Kier molecular flexibility index (Phi) is 9.68. The number of carbonyl (C=O) groups is 2. The number of amides is 1. The first kappa shape index (κ1) is 36.1. The van der Waals surface area contributed by atoms with Crippen LogP contribution in [0.5, 0.6) is 0 Å². The highest BCUT2D eigenvalue weighted by Crippen LogP contribution is 2.47. The van der Waals surface area contributed by atoms with Crippen LogP contribution in [0.3, 0.4) is 0 Å². The van der Waals surface area contributed by atoms with Crippen molar-refractivity contribution in [2.45, 2.75) is 69.3 Å². The molecular formula is C38H38F6N4O4. The number of hydrogen-bond acceptors (Lipinski definition) is 6. The van der Waals surface area contributed by atoms with Crippen LogP contribution >= 0.6 is 0 Å². The van der Waals surface area contributed by atoms with E-state index in [1.165, 1.54) is 0 Å². The van der Waals surface area contributed by atoms with Crippen LogP contribution in [-0.4, -0.2) is 95.1 Å². The maximum atomic E-state index is 14.4. The summed E-state index contributed by atoms with van der Waals surface area (Å²) in [5.74, 6) is -3.09. The lowest BCUT2D eigenvalue weighted by Gasteiger charge is -2.42. The van der Waals surface area contributed by atoms with Crippen molar-refractivity contribution >= 4 is 33.4 Å². The van der Waals surface area contributed by atoms with Gasteiger partial charge in [0.25, 0.3) is 0 Å². The van der Waals surface area contributed by atoms with Gasteiger partial charge in [-0.2, -0.15) is 26.3 Å². The number of likely N-dealkylation sites (tertiary alicyclic amines) is 2. The van der Waals surface area contributed by atoms with E-state index >= 15 is 0 Å². The molecule has 3 atom stereocenters. The van der Waals surface area contributed by atoms with E-state index < -0.39 is 68.2 Å². The minimum Gasteiger partial charge on any atom is -0.480 e. The molecule has 2 N–H and O–H groups in total. The van der Waals surface area contributed by atoms with Crippen molar-refractivity contribution in [1.29, 1.82) is 0 Å². The summed E-state index contributed by atoms with van der Waals surface area (Å²) in [5, 5.41) is 15.6. The molecule has 3 aromatic carbocycles. The number of ether oxygens (including phenoxy) is 1. The molecule has 52 heavy (non-hydrogen) atoms. The third kappa shape index (κ3) is 7.20. The van der Waals surface area contributed by atoms with Gasteiger partial charge in [0.2, 0.25) is 5.91 Å². The first-order valence-electron chi connectivity index (χ1n) is 17.4. The van der Waals surface area contributed by atoms with Gasteiger partial charge in [-0.25, -0.2) is 4.79 Å². The molecule has 8 nitrogen and oxygen atoms in total. The van der Waals surface area contributed by atoms with Gasteiger partial charge in [-0.05, 0) is 66.1 Å². The number of aromatic nitrogens is 1. The van der Waals surface area contributed by atoms with E-state index in [0.29, 0.717) is 10.9 Å². The smallest absolute Gasteiger partial charge is 0.403 e. The van der Waals surface area contributed by atoms with Crippen LogP contribution in [0.4, 0.5) is 26.3 Å². The predicted octanol–water partition coefficient (Wildman–Crippen LogP) is 6.74. The number of carbonyl (C=O) groups excluding carboxylic acids is 1. The number of halogens is 6. The Morgan fingerprint density at radius 1 is 0.846 bits per heavy atom. The summed E-state index contributed by atoms with van der Waals surface area (Å²) in [4.78, 5) is 33.9. The summed E-state index contributed by atoms with van der Waals surface area (Å²) < 4.78 is 88.0. The number of morpholine rings is 1. The SMILES string of the molecule is O=C(O)[C@H](Cc1cccc2c(-c3ncc(CN4CC5CCC(C4)O5)c4ccccc34)cccc12)NC(=O)C1(C(F)(F)F)CCN(CC(F)(F)F)CC1. The van der Waals surface area contributed by atoms with Crippen LogP contribution in [-0.2, 0) is 27.3 Å². The second-order valence-electron chi connectivity index (χ2n) is 14.2. The summed E-state index contributed by atoms with van der Waals surface area (Å²) in [6.45, 7) is -0.160. The molecule has 4 aromatic rings. The molecule has 0 spiro atoms. The fraction of sp³-hybridized carbons (Fsp3) is 0.447. The van der Waals surface area contributed by atoms with Crippen molar-refractivity contribution in [2.24, 2.45) is 5.41 Å². The van der Waals surface area contributed by atoms with Crippen molar-refractivity contribution in [3.63, 3.8) is 0 Å². The number of carboxylic acids is 1. The molecule has 3 aliphatic rings. The van der Waals surface area contributed by atoms with Crippen molar-refractivity contribution in [3.8, 4) is 11.3 Å². The Morgan fingerprint density at radius 3 is 2.12 bits per heavy atom. The predicted molar refractivity (Wildman–Crippen MR) is 181 cm³/mol. The number of rotatable bonds is 9. The summed E-state index contributed by atoms with van der Waals surface area (Å²) in [5.41, 5.74) is 0.0511. The average Bonchev–Trinajstić information content (AvgIpc) is 3.44. The zero-order valence-corrected chi connectivity index (χ0v) is 28.1. The van der Waals surface area contributed by atoms with E-state index in [9.17, 15) is 41.0 Å². The normalized spacial score (nSPS) is 21.7. The average molecular weight is 729 g/mol. The molecule has 1 aromatic heterocycles. The standard InChI is InChI=1S/C38H38F6N4O4/c39-37(40,41)22-47-15-13-36(14-16-47,38(42,43)44)35(51)46-32(34(49)50)17-23-5-3-9-29-27(23)8-4-10-31(29)33-30-7-2-1-6-28(30)24(18-45-33)19-48-20-25-11-12-26(21-48)52-25/h1-10,18,25-26,32H,11-17,19-22H2,(H,46,51)(H,49,50)/t25?,26?,32-/m0/s1. The largest absolute Gasteiger partial charge is 0.480 e. The van der Waals surface area contributed by atoms with Gasteiger partial charge in [0, 0.05) is 43.2 Å². The zero-order valence-electron chi connectivity index (χ0n) is 28.1. The summed E-state index contributed by atoms with van der Waals surface area (Å²) in [6, 6.07) is 17.0. The lowest BCUT2D eigenvalue weighted by molar-refractivity contribution is -0.236. The number of carboxylic acid groups (broad SMARTS) is 1. The van der Waals surface area contributed by atoms with Crippen molar-refractivity contribution in [1.82, 2.24) is 20.1 Å². The molecule has 2 unspecified atom stereocenters. The van der Waals surface area contributed by atoms with Crippen LogP contribution in [0.15, 0.2) is 66.9 Å². The number of fused-ring (bicyclic) bond motifs is 4. The second-order valence-corrected chi connectivity index (χ2v) is 14.2. The van der Waals surface area contributed by atoms with E-state index in [2.05, 4.69) is 16.3 Å². The Morgan fingerprint density at radius 2 is 1.46 bits per heavy atom. The molecule has 14 heteroatoms. The van der Waals surface area contributed by atoms with Crippen LogP contribution in [0.1, 0.15) is 36.8 Å². The van der Waals surface area contributed by atoms with Gasteiger partial charge in [-0.15, -0.1) is 0 Å². The first-order valence-corrected chi connectivity index (χ1v) is 17.4. The quantitative estimate of drug-likeness (QED) is 0.185. The van der Waals surface area contributed by atoms with Crippen LogP contribution < -0.4 is 5.32 Å². The Bertz CT molecular complexity index is 1970. The minimum atomic E-state index is -5.11. The summed E-state index contributed by atoms with van der Waals surface area (Å²) in [6.07, 6.45) is -7.34. The first-order chi connectivity index (χ1) is 24.7. The number of benzene rings is 3. The summed E-state index contributed by atoms with van der Waals surface area (Å²) >= 11 is 0. The van der Waals surface area contributed by atoms with Crippen LogP contribution in [0.25, 0.3) is 32.8 Å². The number of pyridine rings is 1. The molecule has 1 amide bonds. The molecule has 4 heterocycles. The highest BCUT2D eigenvalue weighted by molar-refractivity contribution is 6.05. The molecule has 3 aliphatic heterocycles. The molecule has 0 aliphatic carbocycles. The fourth-order valence-electron chi connectivity index (χ4n) is 8.12.